The molecule has 15 heavy (non-hydrogen) atoms. The molecule has 1 aromatic carbocycles. The van der Waals surface area contributed by atoms with Crippen LogP contribution in [0.2, 0.25) is 0 Å². The van der Waals surface area contributed by atoms with Crippen LogP contribution in [0.25, 0.3) is 0 Å². The molecule has 0 aliphatic heterocycles. The first-order valence-electron chi connectivity index (χ1n) is 5.22. The highest BCUT2D eigenvalue weighted by Gasteiger charge is 2.56. The number of aliphatic hydroxyl groups excluding tert-OH is 1. The Labute approximate surface area is 86.7 Å². The molecule has 3 heteroatoms. The summed E-state index contributed by atoms with van der Waals surface area (Å²) in [5.74, 6) is -1.19. The number of halogens is 2. The molecule has 2 aliphatic carbocycles. The first kappa shape index (κ1) is 9.28. The zero-order valence-corrected chi connectivity index (χ0v) is 8.26. The van der Waals surface area contributed by atoms with E-state index in [9.17, 15) is 8.78 Å². The maximum atomic E-state index is 13.0. The van der Waals surface area contributed by atoms with Crippen LogP contribution < -0.4 is 0 Å². The summed E-state index contributed by atoms with van der Waals surface area (Å²) in [7, 11) is 0. The summed E-state index contributed by atoms with van der Waals surface area (Å²) in [5.41, 5.74) is 1.96. The van der Waals surface area contributed by atoms with E-state index >= 15 is 0 Å². The van der Waals surface area contributed by atoms with Crippen molar-refractivity contribution in [1.29, 1.82) is 0 Å². The van der Waals surface area contributed by atoms with Crippen LogP contribution in [0.3, 0.4) is 0 Å². The number of rotatable bonds is 1. The molecule has 3 rings (SSSR count). The van der Waals surface area contributed by atoms with E-state index in [-0.39, 0.29) is 12.0 Å². The minimum absolute atomic E-state index is 0.122. The van der Waals surface area contributed by atoms with E-state index in [1.165, 1.54) is 12.1 Å². The molecule has 2 aliphatic rings. The maximum absolute atomic E-state index is 13.0. The van der Waals surface area contributed by atoms with Crippen molar-refractivity contribution in [1.82, 2.24) is 0 Å². The van der Waals surface area contributed by atoms with Gasteiger partial charge in [-0.15, -0.1) is 0 Å². The third-order valence-corrected chi connectivity index (χ3v) is 3.91. The summed E-state index contributed by atoms with van der Waals surface area (Å²) in [4.78, 5) is 0. The molecular weight excluding hydrogens is 198 g/mol. The van der Waals surface area contributed by atoms with Crippen molar-refractivity contribution < 1.29 is 13.9 Å². The Morgan fingerprint density at radius 3 is 2.13 bits per heavy atom. The standard InChI is InChI=1S/C12H12F2O/c13-10-1-7-3-12(5-9(12)6-15)4-8(7)2-11(10)14/h1-2,9,15H,3-6H2. The Morgan fingerprint density at radius 2 is 1.73 bits per heavy atom. The van der Waals surface area contributed by atoms with Gasteiger partial charge in [0.15, 0.2) is 11.6 Å². The number of hydrogen-bond acceptors (Lipinski definition) is 1. The van der Waals surface area contributed by atoms with Crippen LogP contribution in [0.4, 0.5) is 8.78 Å². The van der Waals surface area contributed by atoms with Gasteiger partial charge >= 0.3 is 0 Å². The molecule has 1 aromatic rings. The summed E-state index contributed by atoms with van der Waals surface area (Å²) in [5, 5.41) is 9.07. The Hall–Kier alpha value is -0.960. The summed E-state index contributed by atoms with van der Waals surface area (Å²) in [6.07, 6.45) is 2.58. The highest BCUT2D eigenvalue weighted by Crippen LogP contribution is 2.60. The molecule has 1 spiro atoms. The lowest BCUT2D eigenvalue weighted by Gasteiger charge is -2.04. The average Bonchev–Trinajstić information content (AvgIpc) is 2.74. The van der Waals surface area contributed by atoms with E-state index in [1.807, 2.05) is 0 Å². The topological polar surface area (TPSA) is 20.2 Å². The quantitative estimate of drug-likeness (QED) is 0.752. The lowest BCUT2D eigenvalue weighted by Crippen LogP contribution is -2.05. The summed E-state index contributed by atoms with van der Waals surface area (Å²) in [6, 6.07) is 2.62. The predicted octanol–water partition coefficient (Wildman–Crippen LogP) is 2.06. The van der Waals surface area contributed by atoms with Crippen molar-refractivity contribution in [2.45, 2.75) is 19.3 Å². The number of benzene rings is 1. The molecule has 1 fully saturated rings. The van der Waals surface area contributed by atoms with Crippen LogP contribution >= 0.6 is 0 Å². The molecule has 1 atom stereocenters. The molecule has 1 unspecified atom stereocenters. The van der Waals surface area contributed by atoms with E-state index in [0.29, 0.717) is 5.92 Å². The zero-order valence-electron chi connectivity index (χ0n) is 8.26. The minimum Gasteiger partial charge on any atom is -0.396 e. The smallest absolute Gasteiger partial charge is 0.159 e. The molecule has 0 amide bonds. The van der Waals surface area contributed by atoms with E-state index in [1.54, 1.807) is 0 Å². The van der Waals surface area contributed by atoms with Crippen LogP contribution in [0, 0.1) is 23.0 Å². The average molecular weight is 210 g/mol. The first-order chi connectivity index (χ1) is 7.14. The van der Waals surface area contributed by atoms with Gasteiger partial charge in [-0.25, -0.2) is 8.78 Å². The second-order valence-corrected chi connectivity index (χ2v) is 4.83. The fraction of sp³-hybridized carbons (Fsp3) is 0.500. The zero-order chi connectivity index (χ0) is 10.6. The van der Waals surface area contributed by atoms with Crippen molar-refractivity contribution >= 4 is 0 Å². The van der Waals surface area contributed by atoms with Gasteiger partial charge in [0.05, 0.1) is 0 Å². The lowest BCUT2D eigenvalue weighted by atomic mass is 10.0. The molecule has 1 N–H and O–H groups in total. The molecule has 0 aromatic heterocycles. The van der Waals surface area contributed by atoms with Crippen LogP contribution in [0.5, 0.6) is 0 Å². The number of fused-ring (bicyclic) bond motifs is 1. The normalized spacial score (nSPS) is 25.7. The van der Waals surface area contributed by atoms with Gasteiger partial charge in [-0.3, -0.25) is 0 Å². The molecule has 80 valence electrons. The van der Waals surface area contributed by atoms with Gasteiger partial charge in [0.2, 0.25) is 0 Å². The van der Waals surface area contributed by atoms with Gasteiger partial charge in [0.1, 0.15) is 0 Å². The van der Waals surface area contributed by atoms with Crippen LogP contribution in [-0.2, 0) is 12.8 Å². The second-order valence-electron chi connectivity index (χ2n) is 4.83. The Morgan fingerprint density at radius 1 is 1.20 bits per heavy atom. The van der Waals surface area contributed by atoms with E-state index in [2.05, 4.69) is 0 Å². The SMILES string of the molecule is OCC1CC12Cc1cc(F)c(F)cc1C2. The molecular formula is C12H12F2O. The minimum atomic E-state index is -0.757. The summed E-state index contributed by atoms with van der Waals surface area (Å²) >= 11 is 0. The molecule has 0 radical (unpaired) electrons. The van der Waals surface area contributed by atoms with Crippen LogP contribution in [0.15, 0.2) is 12.1 Å². The van der Waals surface area contributed by atoms with Gasteiger partial charge in [0, 0.05) is 6.61 Å². The molecule has 1 saturated carbocycles. The summed E-state index contributed by atoms with van der Waals surface area (Å²) < 4.78 is 26.0. The van der Waals surface area contributed by atoms with Gasteiger partial charge < -0.3 is 5.11 Å². The van der Waals surface area contributed by atoms with E-state index < -0.39 is 11.6 Å². The van der Waals surface area contributed by atoms with Gasteiger partial charge in [-0.05, 0) is 53.9 Å². The van der Waals surface area contributed by atoms with Crippen LogP contribution in [-0.4, -0.2) is 11.7 Å². The largest absolute Gasteiger partial charge is 0.396 e. The fourth-order valence-electron chi connectivity index (χ4n) is 2.90. The van der Waals surface area contributed by atoms with Crippen molar-refractivity contribution in [2.24, 2.45) is 11.3 Å². The third kappa shape index (κ3) is 1.22. The highest BCUT2D eigenvalue weighted by molar-refractivity contribution is 5.38. The predicted molar refractivity (Wildman–Crippen MR) is 51.4 cm³/mol. The van der Waals surface area contributed by atoms with Gasteiger partial charge in [0.25, 0.3) is 0 Å². The van der Waals surface area contributed by atoms with E-state index in [4.69, 9.17) is 5.11 Å². The van der Waals surface area contributed by atoms with Crippen molar-refractivity contribution in [3.8, 4) is 0 Å². The van der Waals surface area contributed by atoms with Crippen molar-refractivity contribution in [2.75, 3.05) is 6.61 Å². The second kappa shape index (κ2) is 2.79. The van der Waals surface area contributed by atoms with E-state index in [0.717, 1.165) is 30.4 Å². The first-order valence-corrected chi connectivity index (χ1v) is 5.22. The lowest BCUT2D eigenvalue weighted by molar-refractivity contribution is 0.251. The van der Waals surface area contributed by atoms with Crippen molar-refractivity contribution in [3.63, 3.8) is 0 Å². The number of hydrogen-bond donors (Lipinski definition) is 1. The molecule has 1 nitrogen and oxygen atoms in total. The van der Waals surface area contributed by atoms with Crippen molar-refractivity contribution in [3.05, 3.63) is 34.9 Å². The molecule has 0 saturated heterocycles. The number of aliphatic hydroxyl groups is 1. The van der Waals surface area contributed by atoms with Crippen LogP contribution in [0.1, 0.15) is 17.5 Å². The van der Waals surface area contributed by atoms with Gasteiger partial charge in [-0.2, -0.15) is 0 Å². The molecule has 0 bridgehead atoms. The Kier molecular flexibility index (Phi) is 1.72. The monoisotopic (exact) mass is 210 g/mol. The fourth-order valence-corrected chi connectivity index (χ4v) is 2.90. The highest BCUT2D eigenvalue weighted by atomic mass is 19.2. The third-order valence-electron chi connectivity index (χ3n) is 3.91. The Bertz CT molecular complexity index is 397. The van der Waals surface area contributed by atoms with Gasteiger partial charge in [-0.1, -0.05) is 0 Å². The Balaban J connectivity index is 1.95. The maximum Gasteiger partial charge on any atom is 0.159 e. The molecule has 0 heterocycles. The summed E-state index contributed by atoms with van der Waals surface area (Å²) in [6.45, 7) is 0.193.